The summed E-state index contributed by atoms with van der Waals surface area (Å²) in [5.41, 5.74) is 1.08. The van der Waals surface area contributed by atoms with Gasteiger partial charge in [0, 0.05) is 18.8 Å². The Bertz CT molecular complexity index is 762. The van der Waals surface area contributed by atoms with Crippen molar-refractivity contribution in [2.75, 3.05) is 13.7 Å². The Morgan fingerprint density at radius 2 is 2.16 bits per heavy atom. The average molecular weight is 432 g/mol. The molecule has 1 aliphatic rings. The number of unbranched alkanes of at least 4 members (excludes halogenated alkanes) is 1. The van der Waals surface area contributed by atoms with E-state index in [1.807, 2.05) is 43.3 Å². The average Bonchev–Trinajstić information content (AvgIpc) is 3.07. The topological polar surface area (TPSA) is 102 Å². The summed E-state index contributed by atoms with van der Waals surface area (Å²) >= 11 is 0. The normalized spacial score (nSPS) is 21.9. The summed E-state index contributed by atoms with van der Waals surface area (Å²) in [5, 5.41) is 13.5. The molecule has 1 unspecified atom stereocenters. The molecule has 0 amide bonds. The van der Waals surface area contributed by atoms with E-state index in [1.165, 1.54) is 7.11 Å². The highest BCUT2D eigenvalue weighted by atomic mass is 16.5. The van der Waals surface area contributed by atoms with Crippen molar-refractivity contribution in [2.24, 2.45) is 17.0 Å². The zero-order valence-electron chi connectivity index (χ0n) is 18.4. The van der Waals surface area contributed by atoms with E-state index in [2.05, 4.69) is 9.91 Å². The third-order valence-electron chi connectivity index (χ3n) is 5.77. The molecule has 31 heavy (non-hydrogen) atoms. The number of allylic oxidation sites excluding steroid dienone is 2. The Labute approximate surface area is 183 Å². The summed E-state index contributed by atoms with van der Waals surface area (Å²) in [4.78, 5) is 34.8. The number of ether oxygens (including phenoxy) is 2. The number of hydrogen-bond donors (Lipinski definition) is 1. The number of nitrogens with zero attached hydrogens (tertiary/aromatic N) is 1. The molecule has 170 valence electrons. The lowest BCUT2D eigenvalue weighted by molar-refractivity contribution is -0.140. The highest BCUT2D eigenvalue weighted by Gasteiger charge is 2.42. The first kappa shape index (κ1) is 24.7. The van der Waals surface area contributed by atoms with Gasteiger partial charge in [-0.15, -0.1) is 0 Å². The van der Waals surface area contributed by atoms with E-state index >= 15 is 0 Å². The number of carbonyl (C=O) groups is 2. The molecule has 7 heteroatoms. The van der Waals surface area contributed by atoms with E-state index in [1.54, 1.807) is 0 Å². The van der Waals surface area contributed by atoms with Crippen LogP contribution in [-0.4, -0.2) is 42.7 Å². The standard InChI is InChI=1S/C24H33NO6/c1-17-8-7-9-19(14-17)31-16-18(26)12-13-20-21(23(27)15-22(20)25-29)10-5-3-4-6-11-24(28)30-2/h3,5,7-9,14,18,20-22,26H,4,6,10-13,15-16H2,1-2H3/t18-,20-,21-,22?/m1/s1. The third-order valence-corrected chi connectivity index (χ3v) is 5.77. The van der Waals surface area contributed by atoms with Gasteiger partial charge in [-0.25, -0.2) is 0 Å². The van der Waals surface area contributed by atoms with E-state index in [-0.39, 0.29) is 36.6 Å². The van der Waals surface area contributed by atoms with Crippen LogP contribution in [0.25, 0.3) is 0 Å². The van der Waals surface area contributed by atoms with Crippen LogP contribution in [0.5, 0.6) is 5.75 Å². The van der Waals surface area contributed by atoms with Crippen molar-refractivity contribution in [1.29, 1.82) is 0 Å². The molecule has 1 aliphatic carbocycles. The van der Waals surface area contributed by atoms with Gasteiger partial charge in [0.2, 0.25) is 0 Å². The van der Waals surface area contributed by atoms with Gasteiger partial charge >= 0.3 is 5.97 Å². The first-order valence-corrected chi connectivity index (χ1v) is 10.9. The smallest absolute Gasteiger partial charge is 0.305 e. The summed E-state index contributed by atoms with van der Waals surface area (Å²) < 4.78 is 10.3. The number of nitroso groups, excluding NO2 is 1. The Morgan fingerprint density at radius 1 is 1.35 bits per heavy atom. The van der Waals surface area contributed by atoms with E-state index < -0.39 is 12.1 Å². The molecule has 1 saturated carbocycles. The first-order valence-electron chi connectivity index (χ1n) is 10.9. The third kappa shape index (κ3) is 8.25. The van der Waals surface area contributed by atoms with Crippen LogP contribution in [0.15, 0.2) is 41.6 Å². The van der Waals surface area contributed by atoms with Gasteiger partial charge in [-0.2, -0.15) is 4.91 Å². The number of methoxy groups -OCH3 is 1. The minimum atomic E-state index is -0.682. The largest absolute Gasteiger partial charge is 0.491 e. The van der Waals surface area contributed by atoms with Crippen molar-refractivity contribution in [2.45, 2.75) is 64.0 Å². The second-order valence-electron chi connectivity index (χ2n) is 8.15. The van der Waals surface area contributed by atoms with Crippen LogP contribution >= 0.6 is 0 Å². The number of aryl methyl sites for hydroxylation is 1. The summed E-state index contributed by atoms with van der Waals surface area (Å²) in [5.74, 6) is 0.101. The molecule has 1 N–H and O–H groups in total. The minimum Gasteiger partial charge on any atom is -0.491 e. The Balaban J connectivity index is 1.80. The molecule has 0 spiro atoms. The predicted molar refractivity (Wildman–Crippen MR) is 118 cm³/mol. The van der Waals surface area contributed by atoms with Gasteiger partial charge in [0.25, 0.3) is 0 Å². The van der Waals surface area contributed by atoms with Crippen molar-refractivity contribution < 1.29 is 24.2 Å². The zero-order valence-corrected chi connectivity index (χ0v) is 18.4. The number of benzene rings is 1. The van der Waals surface area contributed by atoms with Gasteiger partial charge in [0.05, 0.1) is 13.2 Å². The van der Waals surface area contributed by atoms with Gasteiger partial charge in [0.1, 0.15) is 24.2 Å². The molecular formula is C24H33NO6. The molecule has 2 rings (SSSR count). The fraction of sp³-hybridized carbons (Fsp3) is 0.583. The van der Waals surface area contributed by atoms with Crippen LogP contribution in [0, 0.1) is 23.7 Å². The van der Waals surface area contributed by atoms with Crippen molar-refractivity contribution in [3.05, 3.63) is 46.9 Å². The minimum absolute atomic E-state index is 0.0549. The number of esters is 1. The molecule has 4 atom stereocenters. The molecule has 0 radical (unpaired) electrons. The number of aliphatic hydroxyl groups is 1. The zero-order chi connectivity index (χ0) is 22.6. The van der Waals surface area contributed by atoms with Crippen molar-refractivity contribution in [1.82, 2.24) is 0 Å². The molecular weight excluding hydrogens is 398 g/mol. The monoisotopic (exact) mass is 431 g/mol. The lowest BCUT2D eigenvalue weighted by atomic mass is 9.86. The second kappa shape index (κ2) is 13.0. The van der Waals surface area contributed by atoms with Crippen LogP contribution in [-0.2, 0) is 14.3 Å². The van der Waals surface area contributed by atoms with Crippen molar-refractivity contribution >= 4 is 11.8 Å². The molecule has 0 aromatic heterocycles. The van der Waals surface area contributed by atoms with Gasteiger partial charge in [0.15, 0.2) is 0 Å². The lowest BCUT2D eigenvalue weighted by Crippen LogP contribution is -2.24. The molecule has 0 aliphatic heterocycles. The summed E-state index contributed by atoms with van der Waals surface area (Å²) in [6, 6.07) is 7.09. The maximum atomic E-state index is 12.4. The quantitative estimate of drug-likeness (QED) is 0.218. The fourth-order valence-electron chi connectivity index (χ4n) is 4.02. The SMILES string of the molecule is COC(=O)CCCC=CC[C@H]1C(=O)CC(N=O)[C@@H]1CC[C@@H](O)COc1cccc(C)c1. The molecule has 1 aromatic carbocycles. The molecule has 0 saturated heterocycles. The summed E-state index contributed by atoms with van der Waals surface area (Å²) in [7, 11) is 1.37. The molecule has 1 aromatic rings. The number of Topliss-reactive ketones (excluding diaryl/α,β-unsaturated/α-hetero) is 1. The van der Waals surface area contributed by atoms with Gasteiger partial charge in [-0.1, -0.05) is 29.5 Å². The van der Waals surface area contributed by atoms with E-state index in [0.717, 1.165) is 12.0 Å². The van der Waals surface area contributed by atoms with E-state index in [9.17, 15) is 19.6 Å². The van der Waals surface area contributed by atoms with Gasteiger partial charge in [-0.05, 0) is 62.6 Å². The van der Waals surface area contributed by atoms with E-state index in [4.69, 9.17) is 4.74 Å². The number of ketones is 1. The lowest BCUT2D eigenvalue weighted by Gasteiger charge is -2.21. The second-order valence-corrected chi connectivity index (χ2v) is 8.15. The molecule has 0 heterocycles. The highest BCUT2D eigenvalue weighted by molar-refractivity contribution is 5.84. The van der Waals surface area contributed by atoms with Crippen LogP contribution < -0.4 is 4.74 Å². The van der Waals surface area contributed by atoms with Crippen LogP contribution in [0.4, 0.5) is 0 Å². The molecule has 7 nitrogen and oxygen atoms in total. The molecule has 1 fully saturated rings. The van der Waals surface area contributed by atoms with E-state index in [0.29, 0.717) is 37.9 Å². The van der Waals surface area contributed by atoms with Gasteiger partial charge in [-0.3, -0.25) is 9.59 Å². The Morgan fingerprint density at radius 3 is 2.87 bits per heavy atom. The summed E-state index contributed by atoms with van der Waals surface area (Å²) in [6.07, 6.45) is 6.70. The Kier molecular flexibility index (Phi) is 10.4. The maximum absolute atomic E-state index is 12.4. The van der Waals surface area contributed by atoms with Crippen LogP contribution in [0.3, 0.4) is 0 Å². The Hall–Kier alpha value is -2.54. The number of carbonyl (C=O) groups excluding carboxylic acids is 2. The first-order chi connectivity index (χ1) is 14.9. The van der Waals surface area contributed by atoms with Crippen molar-refractivity contribution in [3.8, 4) is 5.75 Å². The van der Waals surface area contributed by atoms with Crippen molar-refractivity contribution in [3.63, 3.8) is 0 Å². The summed E-state index contributed by atoms with van der Waals surface area (Å²) in [6.45, 7) is 2.13. The van der Waals surface area contributed by atoms with Crippen LogP contribution in [0.2, 0.25) is 0 Å². The fourth-order valence-corrected chi connectivity index (χ4v) is 4.02. The van der Waals surface area contributed by atoms with Crippen LogP contribution in [0.1, 0.15) is 50.5 Å². The maximum Gasteiger partial charge on any atom is 0.305 e. The predicted octanol–water partition coefficient (Wildman–Crippen LogP) is 4.14. The van der Waals surface area contributed by atoms with Gasteiger partial charge < -0.3 is 14.6 Å². The molecule has 0 bridgehead atoms. The number of aliphatic hydroxyl groups excluding tert-OH is 1. The number of rotatable bonds is 13. The number of hydrogen-bond acceptors (Lipinski definition) is 7. The highest BCUT2D eigenvalue weighted by Crippen LogP contribution is 2.37.